The lowest BCUT2D eigenvalue weighted by Gasteiger charge is -2.08. The van der Waals surface area contributed by atoms with E-state index >= 15 is 0 Å². The van der Waals surface area contributed by atoms with Crippen LogP contribution >= 0.6 is 0 Å². The van der Waals surface area contributed by atoms with E-state index < -0.39 is 5.82 Å². The van der Waals surface area contributed by atoms with E-state index in [0.717, 1.165) is 11.3 Å². The summed E-state index contributed by atoms with van der Waals surface area (Å²) >= 11 is 0. The first-order chi connectivity index (χ1) is 9.70. The van der Waals surface area contributed by atoms with E-state index in [9.17, 15) is 4.39 Å². The number of hydrogen-bond acceptors (Lipinski definition) is 3. The van der Waals surface area contributed by atoms with Gasteiger partial charge in [0.05, 0.1) is 12.2 Å². The average Bonchev–Trinajstić information content (AvgIpc) is 2.46. The quantitative estimate of drug-likeness (QED) is 0.871. The maximum atomic E-state index is 13.7. The maximum Gasteiger partial charge on any atom is 0.165 e. The van der Waals surface area contributed by atoms with E-state index in [1.807, 2.05) is 19.1 Å². The van der Waals surface area contributed by atoms with Crippen molar-refractivity contribution in [2.45, 2.75) is 13.5 Å². The minimum absolute atomic E-state index is 0.166. The fourth-order valence-corrected chi connectivity index (χ4v) is 1.66. The molecule has 1 aromatic heterocycles. The van der Waals surface area contributed by atoms with Gasteiger partial charge >= 0.3 is 0 Å². The van der Waals surface area contributed by atoms with Crippen LogP contribution in [0.3, 0.4) is 0 Å². The van der Waals surface area contributed by atoms with Gasteiger partial charge in [0.15, 0.2) is 11.6 Å². The molecule has 0 spiro atoms. The molecule has 0 saturated heterocycles. The van der Waals surface area contributed by atoms with Crippen molar-refractivity contribution < 1.29 is 9.13 Å². The van der Waals surface area contributed by atoms with Crippen LogP contribution in [0.15, 0.2) is 36.5 Å². The molecular weight excluding hydrogens is 255 g/mol. The number of aryl methyl sites for hydroxylation is 1. The molecular formula is C16H15FN2O. The number of nitrogens with two attached hydrogens (primary N) is 1. The van der Waals surface area contributed by atoms with Crippen LogP contribution in [0.25, 0.3) is 0 Å². The van der Waals surface area contributed by atoms with Crippen LogP contribution in [-0.4, -0.2) is 11.5 Å². The first-order valence-corrected chi connectivity index (χ1v) is 6.22. The average molecular weight is 270 g/mol. The summed E-state index contributed by atoms with van der Waals surface area (Å²) in [5.41, 5.74) is 7.77. The van der Waals surface area contributed by atoms with Crippen molar-refractivity contribution in [2.24, 2.45) is 5.73 Å². The van der Waals surface area contributed by atoms with Gasteiger partial charge in [-0.2, -0.15) is 0 Å². The molecule has 0 fully saturated rings. The van der Waals surface area contributed by atoms with Gasteiger partial charge in [-0.15, -0.1) is 0 Å². The Hall–Kier alpha value is -2.38. The van der Waals surface area contributed by atoms with E-state index in [4.69, 9.17) is 10.5 Å². The van der Waals surface area contributed by atoms with E-state index in [0.29, 0.717) is 5.56 Å². The summed E-state index contributed by atoms with van der Waals surface area (Å²) in [6, 6.07) is 8.28. The molecule has 3 nitrogen and oxygen atoms in total. The standard InChI is InChI=1S/C16H15FN2O/c1-12-4-3-9-19-15(12)11-20-16-10-13(5-2-8-18)6-7-14(16)17/h3-4,6-7,9-10H,8,11,18H2,1H3. The zero-order chi connectivity index (χ0) is 14.4. The lowest BCUT2D eigenvalue weighted by Crippen LogP contribution is -2.02. The van der Waals surface area contributed by atoms with Gasteiger partial charge in [-0.25, -0.2) is 4.39 Å². The third kappa shape index (κ3) is 3.56. The molecule has 0 aliphatic heterocycles. The Bertz CT molecular complexity index is 659. The van der Waals surface area contributed by atoms with E-state index in [-0.39, 0.29) is 18.9 Å². The highest BCUT2D eigenvalue weighted by Crippen LogP contribution is 2.20. The summed E-state index contributed by atoms with van der Waals surface area (Å²) in [6.45, 7) is 2.42. The lowest BCUT2D eigenvalue weighted by molar-refractivity contribution is 0.285. The first-order valence-electron chi connectivity index (χ1n) is 6.22. The molecule has 2 rings (SSSR count). The van der Waals surface area contributed by atoms with Crippen molar-refractivity contribution in [3.05, 3.63) is 59.2 Å². The van der Waals surface area contributed by atoms with Gasteiger partial charge in [0.1, 0.15) is 6.61 Å². The van der Waals surface area contributed by atoms with E-state index in [2.05, 4.69) is 16.8 Å². The highest BCUT2D eigenvalue weighted by Gasteiger charge is 2.06. The molecule has 0 saturated carbocycles. The van der Waals surface area contributed by atoms with Gasteiger partial charge in [0, 0.05) is 11.8 Å². The third-order valence-electron chi connectivity index (χ3n) is 2.75. The van der Waals surface area contributed by atoms with Gasteiger partial charge in [0.25, 0.3) is 0 Å². The molecule has 0 bridgehead atoms. The minimum Gasteiger partial charge on any atom is -0.484 e. The third-order valence-corrected chi connectivity index (χ3v) is 2.75. The second kappa shape index (κ2) is 6.69. The van der Waals surface area contributed by atoms with Gasteiger partial charge in [-0.1, -0.05) is 17.9 Å². The summed E-state index contributed by atoms with van der Waals surface area (Å²) in [7, 11) is 0. The number of halogens is 1. The molecule has 0 unspecified atom stereocenters. The number of hydrogen-bond donors (Lipinski definition) is 1. The molecule has 102 valence electrons. The van der Waals surface area contributed by atoms with Crippen LogP contribution in [0.4, 0.5) is 4.39 Å². The topological polar surface area (TPSA) is 48.1 Å². The van der Waals surface area contributed by atoms with Crippen molar-refractivity contribution >= 4 is 0 Å². The molecule has 2 aromatic rings. The van der Waals surface area contributed by atoms with Crippen molar-refractivity contribution in [1.82, 2.24) is 4.98 Å². The largest absolute Gasteiger partial charge is 0.484 e. The van der Waals surface area contributed by atoms with Crippen LogP contribution in [0, 0.1) is 24.6 Å². The molecule has 0 aliphatic carbocycles. The minimum atomic E-state index is -0.420. The number of nitrogens with zero attached hydrogens (tertiary/aromatic N) is 1. The van der Waals surface area contributed by atoms with Gasteiger partial charge in [-0.3, -0.25) is 4.98 Å². The van der Waals surface area contributed by atoms with Gasteiger partial charge in [-0.05, 0) is 36.8 Å². The second-order valence-corrected chi connectivity index (χ2v) is 4.21. The summed E-state index contributed by atoms with van der Waals surface area (Å²) in [5, 5.41) is 0. The number of benzene rings is 1. The van der Waals surface area contributed by atoms with Crippen LogP contribution < -0.4 is 10.5 Å². The van der Waals surface area contributed by atoms with Crippen LogP contribution in [0.1, 0.15) is 16.8 Å². The summed E-state index contributed by atoms with van der Waals surface area (Å²) in [5.74, 6) is 5.31. The number of aromatic nitrogens is 1. The molecule has 1 heterocycles. The summed E-state index contributed by atoms with van der Waals surface area (Å²) in [4.78, 5) is 4.20. The predicted octanol–water partition coefficient (Wildman–Crippen LogP) is 2.42. The highest BCUT2D eigenvalue weighted by molar-refractivity contribution is 5.40. The van der Waals surface area contributed by atoms with Crippen molar-refractivity contribution in [2.75, 3.05) is 6.54 Å². The van der Waals surface area contributed by atoms with Crippen molar-refractivity contribution in [3.8, 4) is 17.6 Å². The number of pyridine rings is 1. The van der Waals surface area contributed by atoms with Gasteiger partial charge < -0.3 is 10.5 Å². The Labute approximate surface area is 117 Å². The number of rotatable bonds is 3. The molecule has 20 heavy (non-hydrogen) atoms. The Kier molecular flexibility index (Phi) is 4.70. The predicted molar refractivity (Wildman–Crippen MR) is 75.6 cm³/mol. The Morgan fingerprint density at radius 1 is 1.35 bits per heavy atom. The normalized spacial score (nSPS) is 9.75. The lowest BCUT2D eigenvalue weighted by atomic mass is 10.2. The Morgan fingerprint density at radius 2 is 2.20 bits per heavy atom. The second-order valence-electron chi connectivity index (χ2n) is 4.21. The molecule has 1 aromatic carbocycles. The zero-order valence-corrected chi connectivity index (χ0v) is 11.2. The smallest absolute Gasteiger partial charge is 0.165 e. The van der Waals surface area contributed by atoms with E-state index in [1.54, 1.807) is 18.3 Å². The molecule has 0 atom stereocenters. The number of ether oxygens (including phenoxy) is 1. The zero-order valence-electron chi connectivity index (χ0n) is 11.2. The Balaban J connectivity index is 2.15. The summed E-state index contributed by atoms with van der Waals surface area (Å²) < 4.78 is 19.2. The van der Waals surface area contributed by atoms with Crippen molar-refractivity contribution in [1.29, 1.82) is 0 Å². The van der Waals surface area contributed by atoms with Crippen LogP contribution in [0.5, 0.6) is 5.75 Å². The molecule has 4 heteroatoms. The molecule has 2 N–H and O–H groups in total. The Morgan fingerprint density at radius 3 is 2.95 bits per heavy atom. The summed E-state index contributed by atoms with van der Waals surface area (Å²) in [6.07, 6.45) is 1.69. The molecule has 0 amide bonds. The monoisotopic (exact) mass is 270 g/mol. The van der Waals surface area contributed by atoms with Gasteiger partial charge in [0.2, 0.25) is 0 Å². The first kappa shape index (κ1) is 14.0. The van der Waals surface area contributed by atoms with Crippen molar-refractivity contribution in [3.63, 3.8) is 0 Å². The van der Waals surface area contributed by atoms with Crippen LogP contribution in [0.2, 0.25) is 0 Å². The van der Waals surface area contributed by atoms with E-state index in [1.165, 1.54) is 6.07 Å². The fraction of sp³-hybridized carbons (Fsp3) is 0.188. The SMILES string of the molecule is Cc1cccnc1COc1cc(C#CCN)ccc1F. The fourth-order valence-electron chi connectivity index (χ4n) is 1.66. The van der Waals surface area contributed by atoms with Crippen LogP contribution in [-0.2, 0) is 6.61 Å². The molecule has 0 radical (unpaired) electrons. The molecule has 0 aliphatic rings. The maximum absolute atomic E-state index is 13.7. The highest BCUT2D eigenvalue weighted by atomic mass is 19.1.